The van der Waals surface area contributed by atoms with Crippen LogP contribution in [0.2, 0.25) is 10.3 Å². The number of thioether (sulfide) groups is 1. The van der Waals surface area contributed by atoms with Crippen LogP contribution in [0, 0.1) is 6.92 Å². The van der Waals surface area contributed by atoms with E-state index in [0.29, 0.717) is 27.2 Å². The maximum absolute atomic E-state index is 12.9. The number of ether oxygens (including phenoxy) is 1. The van der Waals surface area contributed by atoms with E-state index < -0.39 is 5.56 Å². The summed E-state index contributed by atoms with van der Waals surface area (Å²) in [7, 11) is 1.54. The average Bonchev–Trinajstić information content (AvgIpc) is 2.57. The van der Waals surface area contributed by atoms with Crippen LogP contribution in [0.5, 0.6) is 5.75 Å². The zero-order chi connectivity index (χ0) is 17.4. The van der Waals surface area contributed by atoms with Crippen LogP contribution in [0.15, 0.2) is 28.3 Å². The lowest BCUT2D eigenvalue weighted by molar-refractivity contribution is 0.411. The largest absolute Gasteiger partial charge is 0.496 e. The van der Waals surface area contributed by atoms with Crippen LogP contribution >= 0.6 is 35.0 Å². The Kier molecular flexibility index (Phi) is 4.67. The highest BCUT2D eigenvalue weighted by atomic mass is 35.5. The van der Waals surface area contributed by atoms with E-state index in [1.807, 2.05) is 6.26 Å². The molecule has 0 aliphatic rings. The molecule has 2 heterocycles. The van der Waals surface area contributed by atoms with Crippen molar-refractivity contribution in [2.75, 3.05) is 13.4 Å². The SMILES string of the molecule is COc1ccc(Cl)c(-n2c(Cl)nc3nc(SC)ncc3c2=O)c1C. The lowest BCUT2D eigenvalue weighted by Gasteiger charge is -2.15. The number of nitrogens with zero attached hydrogens (tertiary/aromatic N) is 4. The molecule has 0 amide bonds. The predicted molar refractivity (Wildman–Crippen MR) is 96.0 cm³/mol. The molecule has 0 saturated carbocycles. The molecule has 0 N–H and O–H groups in total. The fraction of sp³-hybridized carbons (Fsp3) is 0.200. The van der Waals surface area contributed by atoms with Crippen LogP contribution in [0.25, 0.3) is 16.7 Å². The van der Waals surface area contributed by atoms with Crippen LogP contribution in [-0.4, -0.2) is 32.9 Å². The number of methoxy groups -OCH3 is 1. The van der Waals surface area contributed by atoms with Gasteiger partial charge in [-0.3, -0.25) is 4.79 Å². The van der Waals surface area contributed by atoms with Gasteiger partial charge in [0.2, 0.25) is 5.28 Å². The fourth-order valence-corrected chi connectivity index (χ4v) is 3.24. The highest BCUT2D eigenvalue weighted by Crippen LogP contribution is 2.32. The van der Waals surface area contributed by atoms with Crippen molar-refractivity contribution in [2.45, 2.75) is 12.1 Å². The van der Waals surface area contributed by atoms with Gasteiger partial charge in [0.05, 0.1) is 17.8 Å². The molecule has 0 aliphatic carbocycles. The highest BCUT2D eigenvalue weighted by molar-refractivity contribution is 7.98. The van der Waals surface area contributed by atoms with E-state index in [4.69, 9.17) is 27.9 Å². The molecule has 124 valence electrons. The van der Waals surface area contributed by atoms with Crippen LogP contribution in [0.3, 0.4) is 0 Å². The van der Waals surface area contributed by atoms with E-state index >= 15 is 0 Å². The molecule has 9 heteroatoms. The van der Waals surface area contributed by atoms with Gasteiger partial charge in [-0.05, 0) is 36.9 Å². The molecule has 24 heavy (non-hydrogen) atoms. The van der Waals surface area contributed by atoms with Gasteiger partial charge >= 0.3 is 0 Å². The van der Waals surface area contributed by atoms with Crippen LogP contribution < -0.4 is 10.3 Å². The zero-order valence-electron chi connectivity index (χ0n) is 13.0. The van der Waals surface area contributed by atoms with Gasteiger partial charge in [0.15, 0.2) is 10.8 Å². The van der Waals surface area contributed by atoms with Gasteiger partial charge in [-0.2, -0.15) is 4.98 Å². The van der Waals surface area contributed by atoms with Gasteiger partial charge in [-0.15, -0.1) is 0 Å². The van der Waals surface area contributed by atoms with Crippen molar-refractivity contribution in [3.8, 4) is 11.4 Å². The molecule has 3 rings (SSSR count). The number of rotatable bonds is 3. The summed E-state index contributed by atoms with van der Waals surface area (Å²) >= 11 is 13.9. The summed E-state index contributed by atoms with van der Waals surface area (Å²) in [6.07, 6.45) is 3.28. The molecule has 0 fully saturated rings. The molecule has 0 bridgehead atoms. The van der Waals surface area contributed by atoms with Crippen molar-refractivity contribution in [2.24, 2.45) is 0 Å². The standard InChI is InChI=1S/C15H12Cl2N4O2S/c1-7-10(23-2)5-4-9(16)11(7)21-13(22)8-6-18-15(24-3)20-12(8)19-14(21)17/h4-6H,1-3H3. The monoisotopic (exact) mass is 382 g/mol. The molecule has 0 aliphatic heterocycles. The summed E-state index contributed by atoms with van der Waals surface area (Å²) < 4.78 is 6.54. The van der Waals surface area contributed by atoms with E-state index in [1.54, 1.807) is 26.2 Å². The third kappa shape index (κ3) is 2.72. The Bertz CT molecular complexity index is 1010. The van der Waals surface area contributed by atoms with E-state index in [-0.39, 0.29) is 16.3 Å². The highest BCUT2D eigenvalue weighted by Gasteiger charge is 2.19. The molecular weight excluding hydrogens is 371 g/mol. The van der Waals surface area contributed by atoms with Crippen molar-refractivity contribution < 1.29 is 4.74 Å². The van der Waals surface area contributed by atoms with E-state index in [0.717, 1.165) is 0 Å². The van der Waals surface area contributed by atoms with Crippen molar-refractivity contribution >= 4 is 46.0 Å². The smallest absolute Gasteiger partial charge is 0.270 e. The Morgan fingerprint density at radius 1 is 1.25 bits per heavy atom. The molecule has 2 aromatic heterocycles. The minimum absolute atomic E-state index is 0.0310. The second-order valence-electron chi connectivity index (χ2n) is 4.84. The normalized spacial score (nSPS) is 11.0. The average molecular weight is 383 g/mol. The molecule has 0 radical (unpaired) electrons. The zero-order valence-corrected chi connectivity index (χ0v) is 15.3. The molecule has 3 aromatic rings. The third-order valence-corrected chi connectivity index (χ3v) is 4.64. The maximum Gasteiger partial charge on any atom is 0.270 e. The van der Waals surface area contributed by atoms with Crippen LogP contribution in [0.1, 0.15) is 5.56 Å². The number of hydrogen-bond acceptors (Lipinski definition) is 6. The first-order chi connectivity index (χ1) is 11.5. The minimum Gasteiger partial charge on any atom is -0.496 e. The first kappa shape index (κ1) is 17.0. The van der Waals surface area contributed by atoms with Crippen LogP contribution in [-0.2, 0) is 0 Å². The van der Waals surface area contributed by atoms with Gasteiger partial charge < -0.3 is 4.74 Å². The number of fused-ring (bicyclic) bond motifs is 1. The minimum atomic E-state index is -0.393. The van der Waals surface area contributed by atoms with Crippen LogP contribution in [0.4, 0.5) is 0 Å². The van der Waals surface area contributed by atoms with Crippen molar-refractivity contribution in [3.05, 3.63) is 44.6 Å². The molecule has 0 atom stereocenters. The lowest BCUT2D eigenvalue weighted by Crippen LogP contribution is -2.22. The van der Waals surface area contributed by atoms with E-state index in [9.17, 15) is 4.79 Å². The summed E-state index contributed by atoms with van der Waals surface area (Å²) in [5.74, 6) is 0.589. The Hall–Kier alpha value is -1.83. The van der Waals surface area contributed by atoms with Crippen molar-refractivity contribution in [3.63, 3.8) is 0 Å². The maximum atomic E-state index is 12.9. The molecule has 0 unspecified atom stereocenters. The van der Waals surface area contributed by atoms with Gasteiger partial charge in [0.1, 0.15) is 11.1 Å². The van der Waals surface area contributed by atoms with E-state index in [2.05, 4.69) is 15.0 Å². The first-order valence-corrected chi connectivity index (χ1v) is 8.78. The van der Waals surface area contributed by atoms with Gasteiger partial charge in [-0.1, -0.05) is 23.4 Å². The molecule has 6 nitrogen and oxygen atoms in total. The topological polar surface area (TPSA) is 69.9 Å². The van der Waals surface area contributed by atoms with Gasteiger partial charge in [0, 0.05) is 11.8 Å². The number of aromatic nitrogens is 4. The number of benzene rings is 1. The summed E-state index contributed by atoms with van der Waals surface area (Å²) in [5, 5.41) is 1.10. The molecule has 1 aromatic carbocycles. The van der Waals surface area contributed by atoms with Crippen molar-refractivity contribution in [1.29, 1.82) is 0 Å². The quantitative estimate of drug-likeness (QED) is 0.509. The molecule has 0 saturated heterocycles. The Morgan fingerprint density at radius 2 is 2.00 bits per heavy atom. The Balaban J connectivity index is 2.38. The summed E-state index contributed by atoms with van der Waals surface area (Å²) in [6.45, 7) is 1.79. The summed E-state index contributed by atoms with van der Waals surface area (Å²) in [4.78, 5) is 25.5. The summed E-state index contributed by atoms with van der Waals surface area (Å²) in [6, 6.07) is 3.37. The third-order valence-electron chi connectivity index (χ3n) is 3.52. The number of halogens is 2. The lowest BCUT2D eigenvalue weighted by atomic mass is 10.1. The first-order valence-electron chi connectivity index (χ1n) is 6.80. The predicted octanol–water partition coefficient (Wildman–Crippen LogP) is 3.52. The van der Waals surface area contributed by atoms with Crippen molar-refractivity contribution in [1.82, 2.24) is 19.5 Å². The fourth-order valence-electron chi connectivity index (χ4n) is 2.37. The second kappa shape index (κ2) is 6.58. The Labute approximate surface area is 151 Å². The van der Waals surface area contributed by atoms with Gasteiger partial charge in [-0.25, -0.2) is 14.5 Å². The van der Waals surface area contributed by atoms with E-state index in [1.165, 1.54) is 22.5 Å². The number of hydrogen-bond donors (Lipinski definition) is 0. The summed E-state index contributed by atoms with van der Waals surface area (Å²) in [5.41, 5.74) is 0.958. The van der Waals surface area contributed by atoms with Gasteiger partial charge in [0.25, 0.3) is 5.56 Å². The Morgan fingerprint density at radius 3 is 2.67 bits per heavy atom. The molecule has 0 spiro atoms. The molecular formula is C15H12Cl2N4O2S. The second-order valence-corrected chi connectivity index (χ2v) is 6.36.